The number of carbonyl (C=O) groups is 2. The van der Waals surface area contributed by atoms with E-state index in [0.717, 1.165) is 4.90 Å². The molecule has 22 heavy (non-hydrogen) atoms. The first-order valence-electron chi connectivity index (χ1n) is 7.23. The van der Waals surface area contributed by atoms with Gasteiger partial charge in [-0.15, -0.1) is 0 Å². The molecular formula is C16H21FN2O3. The first-order valence-corrected chi connectivity index (χ1v) is 7.23. The summed E-state index contributed by atoms with van der Waals surface area (Å²) in [6, 6.07) is 5.28. The van der Waals surface area contributed by atoms with Gasteiger partial charge in [-0.25, -0.2) is 14.1 Å². The van der Waals surface area contributed by atoms with Crippen molar-refractivity contribution >= 4 is 12.0 Å². The van der Waals surface area contributed by atoms with Crippen LogP contribution in [0.4, 0.5) is 9.18 Å². The molecule has 2 unspecified atom stereocenters. The molecule has 0 aliphatic carbocycles. The maximum atomic E-state index is 13.5. The Bertz CT molecular complexity index is 583. The number of halogens is 1. The highest BCUT2D eigenvalue weighted by Crippen LogP contribution is 2.38. The lowest BCUT2D eigenvalue weighted by Gasteiger charge is -2.29. The van der Waals surface area contributed by atoms with Gasteiger partial charge in [0.2, 0.25) is 5.91 Å². The van der Waals surface area contributed by atoms with Gasteiger partial charge in [-0.2, -0.15) is 0 Å². The number of ether oxygens (including phenoxy) is 1. The molecule has 120 valence electrons. The maximum Gasteiger partial charge on any atom is 0.417 e. The number of carbonyl (C=O) groups excluding carboxylic acids is 2. The first-order chi connectivity index (χ1) is 10.2. The summed E-state index contributed by atoms with van der Waals surface area (Å²) in [6.45, 7) is 5.40. The Kier molecular flexibility index (Phi) is 4.51. The Morgan fingerprint density at radius 2 is 2.14 bits per heavy atom. The second-order valence-corrected chi connectivity index (χ2v) is 6.44. The van der Waals surface area contributed by atoms with E-state index in [2.05, 4.69) is 0 Å². The molecule has 1 heterocycles. The van der Waals surface area contributed by atoms with Gasteiger partial charge in [0.05, 0.1) is 6.04 Å². The van der Waals surface area contributed by atoms with Crippen molar-refractivity contribution in [2.45, 2.75) is 38.8 Å². The van der Waals surface area contributed by atoms with Crippen molar-refractivity contribution in [3.63, 3.8) is 0 Å². The molecule has 0 radical (unpaired) electrons. The Labute approximate surface area is 129 Å². The van der Waals surface area contributed by atoms with Crippen molar-refractivity contribution in [1.29, 1.82) is 0 Å². The predicted octanol–water partition coefficient (Wildman–Crippen LogP) is 2.61. The third-order valence-corrected chi connectivity index (χ3v) is 3.51. The Morgan fingerprint density at radius 1 is 1.45 bits per heavy atom. The smallest absolute Gasteiger partial charge is 0.417 e. The first kappa shape index (κ1) is 16.4. The summed E-state index contributed by atoms with van der Waals surface area (Å²) in [6.07, 6.45) is -0.570. The summed E-state index contributed by atoms with van der Waals surface area (Å²) in [5, 5.41) is 0. The van der Waals surface area contributed by atoms with Gasteiger partial charge in [-0.1, -0.05) is 12.1 Å². The van der Waals surface area contributed by atoms with Gasteiger partial charge in [0.1, 0.15) is 11.4 Å². The molecule has 2 atom stereocenters. The van der Waals surface area contributed by atoms with Crippen LogP contribution in [0.3, 0.4) is 0 Å². The number of amides is 2. The average Bonchev–Trinajstić information content (AvgIpc) is 2.73. The number of imide groups is 1. The predicted molar refractivity (Wildman–Crippen MR) is 79.4 cm³/mol. The summed E-state index contributed by atoms with van der Waals surface area (Å²) < 4.78 is 18.8. The van der Waals surface area contributed by atoms with E-state index in [4.69, 9.17) is 10.5 Å². The molecule has 5 nitrogen and oxygen atoms in total. The molecule has 2 N–H and O–H groups in total. The van der Waals surface area contributed by atoms with Crippen molar-refractivity contribution in [1.82, 2.24) is 4.90 Å². The second-order valence-electron chi connectivity index (χ2n) is 6.44. The van der Waals surface area contributed by atoms with E-state index in [9.17, 15) is 14.0 Å². The van der Waals surface area contributed by atoms with E-state index >= 15 is 0 Å². The number of nitrogens with zero attached hydrogens (tertiary/aromatic N) is 1. The van der Waals surface area contributed by atoms with Gasteiger partial charge < -0.3 is 10.5 Å². The van der Waals surface area contributed by atoms with E-state index in [0.29, 0.717) is 5.56 Å². The molecule has 0 aromatic heterocycles. The lowest BCUT2D eigenvalue weighted by Crippen LogP contribution is -2.40. The van der Waals surface area contributed by atoms with Crippen molar-refractivity contribution in [2.24, 2.45) is 11.7 Å². The van der Waals surface area contributed by atoms with Crippen molar-refractivity contribution < 1.29 is 18.7 Å². The van der Waals surface area contributed by atoms with Crippen LogP contribution >= 0.6 is 0 Å². The van der Waals surface area contributed by atoms with Crippen LogP contribution in [0, 0.1) is 11.7 Å². The van der Waals surface area contributed by atoms with Gasteiger partial charge in [0.25, 0.3) is 0 Å². The molecule has 1 aromatic rings. The zero-order chi connectivity index (χ0) is 16.5. The fourth-order valence-corrected chi connectivity index (χ4v) is 2.65. The number of hydrogen-bond acceptors (Lipinski definition) is 4. The van der Waals surface area contributed by atoms with E-state index < -0.39 is 23.6 Å². The Balaban J connectivity index is 2.37. The highest BCUT2D eigenvalue weighted by molar-refractivity contribution is 5.94. The summed E-state index contributed by atoms with van der Waals surface area (Å²) >= 11 is 0. The molecule has 1 saturated heterocycles. The fraction of sp³-hybridized carbons (Fsp3) is 0.500. The maximum absolute atomic E-state index is 13.5. The minimum Gasteiger partial charge on any atom is -0.443 e. The number of rotatable bonds is 2. The van der Waals surface area contributed by atoms with Crippen LogP contribution in [-0.4, -0.2) is 29.0 Å². The molecule has 1 aromatic carbocycles. The molecule has 1 aliphatic rings. The molecule has 0 saturated carbocycles. The zero-order valence-electron chi connectivity index (χ0n) is 13.0. The standard InChI is InChI=1S/C16H21FN2O3/c1-16(2,3)22-15(21)19-13(20)8-11(9-18)14(19)10-5-4-6-12(17)7-10/h4-7,11,14H,8-9,18H2,1-3H3. The summed E-state index contributed by atoms with van der Waals surface area (Å²) in [7, 11) is 0. The zero-order valence-corrected chi connectivity index (χ0v) is 13.0. The van der Waals surface area contributed by atoms with Gasteiger partial charge in [0.15, 0.2) is 0 Å². The summed E-state index contributed by atoms with van der Waals surface area (Å²) in [5.74, 6) is -1.02. The normalized spacial score (nSPS) is 22.0. The number of nitrogens with two attached hydrogens (primary N) is 1. The number of benzene rings is 1. The van der Waals surface area contributed by atoms with Crippen LogP contribution in [0.5, 0.6) is 0 Å². The SMILES string of the molecule is CC(C)(C)OC(=O)N1C(=O)CC(CN)C1c1cccc(F)c1. The Morgan fingerprint density at radius 3 is 2.68 bits per heavy atom. The van der Waals surface area contributed by atoms with Gasteiger partial charge in [-0.05, 0) is 45.0 Å². The molecule has 0 bridgehead atoms. The van der Waals surface area contributed by atoms with Crippen LogP contribution in [0.25, 0.3) is 0 Å². The van der Waals surface area contributed by atoms with Crippen LogP contribution in [-0.2, 0) is 9.53 Å². The van der Waals surface area contributed by atoms with E-state index in [1.165, 1.54) is 12.1 Å². The second kappa shape index (κ2) is 6.04. The molecule has 2 amide bonds. The van der Waals surface area contributed by atoms with Crippen LogP contribution in [0.1, 0.15) is 38.8 Å². The highest BCUT2D eigenvalue weighted by Gasteiger charge is 2.45. The Hall–Kier alpha value is -1.95. The average molecular weight is 308 g/mol. The van der Waals surface area contributed by atoms with E-state index in [1.807, 2.05) is 0 Å². The molecule has 2 rings (SSSR count). The van der Waals surface area contributed by atoms with E-state index in [1.54, 1.807) is 32.9 Å². The monoisotopic (exact) mass is 308 g/mol. The van der Waals surface area contributed by atoms with Crippen LogP contribution in [0.15, 0.2) is 24.3 Å². The van der Waals surface area contributed by atoms with E-state index in [-0.39, 0.29) is 24.8 Å². The largest absolute Gasteiger partial charge is 0.443 e. The third-order valence-electron chi connectivity index (χ3n) is 3.51. The van der Waals surface area contributed by atoms with Gasteiger partial charge in [0, 0.05) is 12.3 Å². The third kappa shape index (κ3) is 3.44. The summed E-state index contributed by atoms with van der Waals surface area (Å²) in [4.78, 5) is 25.6. The van der Waals surface area contributed by atoms with Crippen LogP contribution < -0.4 is 5.73 Å². The van der Waals surface area contributed by atoms with Crippen molar-refractivity contribution in [3.05, 3.63) is 35.6 Å². The molecule has 6 heteroatoms. The van der Waals surface area contributed by atoms with Gasteiger partial charge >= 0.3 is 6.09 Å². The highest BCUT2D eigenvalue weighted by atomic mass is 19.1. The van der Waals surface area contributed by atoms with Crippen LogP contribution in [0.2, 0.25) is 0 Å². The quantitative estimate of drug-likeness (QED) is 0.911. The molecule has 1 aliphatic heterocycles. The number of likely N-dealkylation sites (tertiary alicyclic amines) is 1. The minimum absolute atomic E-state index is 0.150. The summed E-state index contributed by atoms with van der Waals surface area (Å²) in [5.41, 5.74) is 5.56. The van der Waals surface area contributed by atoms with Crippen molar-refractivity contribution in [2.75, 3.05) is 6.54 Å². The lowest BCUT2D eigenvalue weighted by atomic mass is 9.94. The minimum atomic E-state index is -0.720. The fourth-order valence-electron chi connectivity index (χ4n) is 2.65. The molecular weight excluding hydrogens is 287 g/mol. The molecule has 1 fully saturated rings. The topological polar surface area (TPSA) is 72.6 Å². The number of hydrogen-bond donors (Lipinski definition) is 1. The molecule has 0 spiro atoms. The lowest BCUT2D eigenvalue weighted by molar-refractivity contribution is -0.128. The van der Waals surface area contributed by atoms with Gasteiger partial charge in [-0.3, -0.25) is 4.79 Å². The van der Waals surface area contributed by atoms with Crippen molar-refractivity contribution in [3.8, 4) is 0 Å².